The van der Waals surface area contributed by atoms with Crippen molar-refractivity contribution in [3.8, 4) is 0 Å². The van der Waals surface area contributed by atoms with E-state index < -0.39 is 0 Å². The predicted octanol–water partition coefficient (Wildman–Crippen LogP) is 1.89. The topological polar surface area (TPSA) is 68.0 Å². The summed E-state index contributed by atoms with van der Waals surface area (Å²) < 4.78 is 0. The molecule has 0 bridgehead atoms. The highest BCUT2D eigenvalue weighted by atomic mass is 32.1. The Morgan fingerprint density at radius 1 is 1.37 bits per heavy atom. The minimum Gasteiger partial charge on any atom is -0.356 e. The van der Waals surface area contributed by atoms with Crippen LogP contribution in [0.2, 0.25) is 0 Å². The SMILES string of the molecule is NC(CC(=O)NCCc1nccs1)c1ccccc1. The summed E-state index contributed by atoms with van der Waals surface area (Å²) in [5.41, 5.74) is 6.97. The zero-order valence-corrected chi connectivity index (χ0v) is 11.4. The number of hydrogen-bond acceptors (Lipinski definition) is 4. The van der Waals surface area contributed by atoms with Crippen molar-refractivity contribution < 1.29 is 4.79 Å². The zero-order chi connectivity index (χ0) is 13.5. The summed E-state index contributed by atoms with van der Waals surface area (Å²) >= 11 is 1.60. The Hall–Kier alpha value is -1.72. The fourth-order valence-corrected chi connectivity index (χ4v) is 2.40. The average molecular weight is 275 g/mol. The first kappa shape index (κ1) is 13.7. The van der Waals surface area contributed by atoms with Crippen LogP contribution in [0.4, 0.5) is 0 Å². The van der Waals surface area contributed by atoms with Gasteiger partial charge in [-0.25, -0.2) is 4.98 Å². The van der Waals surface area contributed by atoms with Crippen LogP contribution in [-0.2, 0) is 11.2 Å². The maximum absolute atomic E-state index is 11.7. The van der Waals surface area contributed by atoms with Crippen molar-refractivity contribution in [2.45, 2.75) is 18.9 Å². The molecule has 1 atom stereocenters. The number of hydrogen-bond donors (Lipinski definition) is 2. The lowest BCUT2D eigenvalue weighted by Crippen LogP contribution is -2.29. The second-order valence-electron chi connectivity index (χ2n) is 4.25. The molecule has 19 heavy (non-hydrogen) atoms. The van der Waals surface area contributed by atoms with Gasteiger partial charge in [0.15, 0.2) is 0 Å². The maximum atomic E-state index is 11.7. The first-order chi connectivity index (χ1) is 9.25. The smallest absolute Gasteiger partial charge is 0.221 e. The number of carbonyl (C=O) groups is 1. The molecule has 1 amide bonds. The van der Waals surface area contributed by atoms with Gasteiger partial charge in [0.05, 0.1) is 5.01 Å². The number of carbonyl (C=O) groups excluding carboxylic acids is 1. The van der Waals surface area contributed by atoms with Gasteiger partial charge in [0.2, 0.25) is 5.91 Å². The van der Waals surface area contributed by atoms with Gasteiger partial charge in [-0.3, -0.25) is 4.79 Å². The van der Waals surface area contributed by atoms with Crippen LogP contribution >= 0.6 is 11.3 Å². The van der Waals surface area contributed by atoms with E-state index in [4.69, 9.17) is 5.73 Å². The van der Waals surface area contributed by atoms with E-state index in [1.165, 1.54) is 0 Å². The van der Waals surface area contributed by atoms with E-state index in [9.17, 15) is 4.79 Å². The average Bonchev–Trinajstić information content (AvgIpc) is 2.93. The summed E-state index contributed by atoms with van der Waals surface area (Å²) in [6, 6.07) is 9.41. The van der Waals surface area contributed by atoms with Crippen molar-refractivity contribution in [2.75, 3.05) is 6.54 Å². The van der Waals surface area contributed by atoms with Crippen LogP contribution in [0.15, 0.2) is 41.9 Å². The minimum atomic E-state index is -0.249. The van der Waals surface area contributed by atoms with Gasteiger partial charge in [0.1, 0.15) is 0 Å². The first-order valence-corrected chi connectivity index (χ1v) is 7.09. The third-order valence-corrected chi connectivity index (χ3v) is 3.62. The molecule has 1 unspecified atom stereocenters. The molecule has 2 rings (SSSR count). The Bertz CT molecular complexity index is 499. The molecule has 4 nitrogen and oxygen atoms in total. The Balaban J connectivity index is 1.72. The number of rotatable bonds is 6. The molecular weight excluding hydrogens is 258 g/mol. The van der Waals surface area contributed by atoms with Gasteiger partial charge < -0.3 is 11.1 Å². The van der Waals surface area contributed by atoms with Crippen LogP contribution in [0.1, 0.15) is 23.0 Å². The summed E-state index contributed by atoms with van der Waals surface area (Å²) in [5, 5.41) is 5.84. The van der Waals surface area contributed by atoms with E-state index in [-0.39, 0.29) is 11.9 Å². The molecule has 1 aromatic carbocycles. The molecule has 0 aliphatic carbocycles. The van der Waals surface area contributed by atoms with Crippen molar-refractivity contribution in [1.29, 1.82) is 0 Å². The molecule has 5 heteroatoms. The number of amides is 1. The number of benzene rings is 1. The van der Waals surface area contributed by atoms with Crippen molar-refractivity contribution in [3.05, 3.63) is 52.5 Å². The molecule has 0 aliphatic rings. The highest BCUT2D eigenvalue weighted by molar-refractivity contribution is 7.09. The first-order valence-electron chi connectivity index (χ1n) is 6.21. The third kappa shape index (κ3) is 4.46. The molecule has 2 aromatic rings. The highest BCUT2D eigenvalue weighted by Crippen LogP contribution is 2.12. The fraction of sp³-hybridized carbons (Fsp3) is 0.286. The van der Waals surface area contributed by atoms with E-state index in [1.54, 1.807) is 17.5 Å². The van der Waals surface area contributed by atoms with E-state index in [1.807, 2.05) is 35.7 Å². The number of nitrogens with one attached hydrogen (secondary N) is 1. The summed E-state index contributed by atoms with van der Waals surface area (Å²) in [6.45, 7) is 0.605. The van der Waals surface area contributed by atoms with Crippen LogP contribution in [0.3, 0.4) is 0 Å². The highest BCUT2D eigenvalue weighted by Gasteiger charge is 2.10. The monoisotopic (exact) mass is 275 g/mol. The molecular formula is C14H17N3OS. The number of thiazole rings is 1. The van der Waals surface area contributed by atoms with Crippen LogP contribution < -0.4 is 11.1 Å². The Morgan fingerprint density at radius 3 is 2.84 bits per heavy atom. The zero-order valence-electron chi connectivity index (χ0n) is 10.6. The lowest BCUT2D eigenvalue weighted by Gasteiger charge is -2.11. The van der Waals surface area contributed by atoms with Crippen LogP contribution in [-0.4, -0.2) is 17.4 Å². The van der Waals surface area contributed by atoms with Crippen molar-refractivity contribution in [3.63, 3.8) is 0 Å². The van der Waals surface area contributed by atoms with E-state index >= 15 is 0 Å². The molecule has 100 valence electrons. The number of nitrogens with two attached hydrogens (primary N) is 1. The molecule has 0 saturated carbocycles. The predicted molar refractivity (Wildman–Crippen MR) is 76.8 cm³/mol. The summed E-state index contributed by atoms with van der Waals surface area (Å²) in [7, 11) is 0. The van der Waals surface area contributed by atoms with Crippen molar-refractivity contribution in [1.82, 2.24) is 10.3 Å². The lowest BCUT2D eigenvalue weighted by molar-refractivity contribution is -0.121. The van der Waals surface area contributed by atoms with Crippen LogP contribution in [0.25, 0.3) is 0 Å². The minimum absolute atomic E-state index is 0.0205. The molecule has 0 aliphatic heterocycles. The molecule has 0 radical (unpaired) electrons. The standard InChI is InChI=1S/C14H17N3OS/c15-12(11-4-2-1-3-5-11)10-13(18)16-7-6-14-17-8-9-19-14/h1-5,8-9,12H,6-7,10,15H2,(H,16,18). The number of nitrogens with zero attached hydrogens (tertiary/aromatic N) is 1. The van der Waals surface area contributed by atoms with Crippen LogP contribution in [0, 0.1) is 0 Å². The van der Waals surface area contributed by atoms with Crippen molar-refractivity contribution >= 4 is 17.2 Å². The molecule has 0 fully saturated rings. The lowest BCUT2D eigenvalue weighted by atomic mass is 10.0. The fourth-order valence-electron chi connectivity index (χ4n) is 1.78. The summed E-state index contributed by atoms with van der Waals surface area (Å²) in [6.07, 6.45) is 2.85. The third-order valence-electron chi connectivity index (χ3n) is 2.78. The van der Waals surface area contributed by atoms with Crippen LogP contribution in [0.5, 0.6) is 0 Å². The van der Waals surface area contributed by atoms with Gasteiger partial charge in [-0.05, 0) is 5.56 Å². The summed E-state index contributed by atoms with van der Waals surface area (Å²) in [5.74, 6) is -0.0205. The van der Waals surface area contributed by atoms with Gasteiger partial charge in [-0.2, -0.15) is 0 Å². The number of aromatic nitrogens is 1. The Morgan fingerprint density at radius 2 is 2.16 bits per heavy atom. The van der Waals surface area contributed by atoms with E-state index in [0.717, 1.165) is 17.0 Å². The molecule has 0 saturated heterocycles. The second kappa shape index (κ2) is 7.01. The molecule has 1 aromatic heterocycles. The van der Waals surface area contributed by atoms with Gasteiger partial charge >= 0.3 is 0 Å². The van der Waals surface area contributed by atoms with Gasteiger partial charge in [0, 0.05) is 37.0 Å². The Kier molecular flexibility index (Phi) is 5.06. The second-order valence-corrected chi connectivity index (χ2v) is 5.23. The van der Waals surface area contributed by atoms with Gasteiger partial charge in [-0.15, -0.1) is 11.3 Å². The van der Waals surface area contributed by atoms with Gasteiger partial charge in [0.25, 0.3) is 0 Å². The van der Waals surface area contributed by atoms with E-state index in [0.29, 0.717) is 13.0 Å². The van der Waals surface area contributed by atoms with E-state index in [2.05, 4.69) is 10.3 Å². The summed E-state index contributed by atoms with van der Waals surface area (Å²) in [4.78, 5) is 15.9. The molecule has 1 heterocycles. The maximum Gasteiger partial charge on any atom is 0.221 e. The molecule has 3 N–H and O–H groups in total. The molecule has 0 spiro atoms. The largest absolute Gasteiger partial charge is 0.356 e. The van der Waals surface area contributed by atoms with Gasteiger partial charge in [-0.1, -0.05) is 30.3 Å². The normalized spacial score (nSPS) is 12.1. The quantitative estimate of drug-likeness (QED) is 0.846. The Labute approximate surface area is 116 Å². The van der Waals surface area contributed by atoms with Crippen molar-refractivity contribution in [2.24, 2.45) is 5.73 Å².